The Morgan fingerprint density at radius 2 is 1.87 bits per heavy atom. The maximum absolute atomic E-state index is 13.7. The predicted octanol–water partition coefficient (Wildman–Crippen LogP) is 5.80. The molecule has 156 valence electrons. The number of urea groups is 1. The maximum atomic E-state index is 13.7. The molecule has 1 atom stereocenters. The molecule has 2 aliphatic rings. The Morgan fingerprint density at radius 3 is 2.68 bits per heavy atom. The first-order valence-corrected chi connectivity index (χ1v) is 10.4. The SMILES string of the molecule is Cc1ccccc1NC(=O)N1c2ccccc2NC2=C(C(=O)CCC2)[C@H]1c1ccco1. The third-order valence-electron chi connectivity index (χ3n) is 5.86. The highest BCUT2D eigenvalue weighted by atomic mass is 16.3. The minimum absolute atomic E-state index is 0.0386. The lowest BCUT2D eigenvalue weighted by Crippen LogP contribution is -2.40. The quantitative estimate of drug-likeness (QED) is 0.557. The van der Waals surface area contributed by atoms with E-state index in [4.69, 9.17) is 4.42 Å². The summed E-state index contributed by atoms with van der Waals surface area (Å²) >= 11 is 0. The Bertz CT molecular complexity index is 1180. The minimum Gasteiger partial charge on any atom is -0.467 e. The van der Waals surface area contributed by atoms with Gasteiger partial charge in [-0.2, -0.15) is 0 Å². The molecule has 1 aliphatic carbocycles. The normalized spacial score (nSPS) is 18.0. The number of carbonyl (C=O) groups excluding carboxylic acids is 2. The molecule has 2 aromatic carbocycles. The van der Waals surface area contributed by atoms with Crippen LogP contribution in [0.5, 0.6) is 0 Å². The minimum atomic E-state index is -0.655. The average molecular weight is 413 g/mol. The van der Waals surface area contributed by atoms with E-state index in [9.17, 15) is 9.59 Å². The molecular formula is C25H23N3O3. The van der Waals surface area contributed by atoms with Crippen molar-refractivity contribution in [2.24, 2.45) is 0 Å². The van der Waals surface area contributed by atoms with Crippen LogP contribution in [0.25, 0.3) is 0 Å². The van der Waals surface area contributed by atoms with Crippen LogP contribution in [0, 0.1) is 6.92 Å². The molecule has 2 amide bonds. The van der Waals surface area contributed by atoms with E-state index in [0.717, 1.165) is 35.5 Å². The van der Waals surface area contributed by atoms with Crippen LogP contribution in [0.15, 0.2) is 82.6 Å². The highest BCUT2D eigenvalue weighted by Gasteiger charge is 2.41. The molecule has 31 heavy (non-hydrogen) atoms. The van der Waals surface area contributed by atoms with E-state index in [1.807, 2.05) is 61.5 Å². The van der Waals surface area contributed by atoms with Crippen LogP contribution in [0.3, 0.4) is 0 Å². The fourth-order valence-corrected chi connectivity index (χ4v) is 4.36. The highest BCUT2D eigenvalue weighted by Crippen LogP contribution is 2.45. The summed E-state index contributed by atoms with van der Waals surface area (Å²) in [7, 11) is 0. The molecule has 0 bridgehead atoms. The molecule has 2 heterocycles. The Balaban J connectivity index is 1.69. The average Bonchev–Trinajstić information content (AvgIpc) is 3.25. The van der Waals surface area contributed by atoms with E-state index in [2.05, 4.69) is 10.6 Å². The Labute approximate surface area is 180 Å². The number of rotatable bonds is 2. The van der Waals surface area contributed by atoms with Crippen LogP contribution in [-0.2, 0) is 4.79 Å². The molecule has 6 heteroatoms. The first-order chi connectivity index (χ1) is 15.1. The van der Waals surface area contributed by atoms with Gasteiger partial charge in [0.2, 0.25) is 0 Å². The van der Waals surface area contributed by atoms with Crippen molar-refractivity contribution < 1.29 is 14.0 Å². The van der Waals surface area contributed by atoms with Crippen molar-refractivity contribution in [1.82, 2.24) is 0 Å². The summed E-state index contributed by atoms with van der Waals surface area (Å²) in [5, 5.41) is 6.47. The molecule has 3 aromatic rings. The molecule has 6 nitrogen and oxygen atoms in total. The molecule has 0 saturated heterocycles. The molecule has 1 aromatic heterocycles. The molecule has 1 aliphatic heterocycles. The number of hydrogen-bond donors (Lipinski definition) is 2. The summed E-state index contributed by atoms with van der Waals surface area (Å²) in [6, 6.07) is 17.9. The van der Waals surface area contributed by atoms with Gasteiger partial charge in [-0.1, -0.05) is 30.3 Å². The van der Waals surface area contributed by atoms with Crippen molar-refractivity contribution in [1.29, 1.82) is 0 Å². The molecule has 5 rings (SSSR count). The van der Waals surface area contributed by atoms with Gasteiger partial charge < -0.3 is 15.1 Å². The van der Waals surface area contributed by atoms with Crippen molar-refractivity contribution in [3.05, 3.63) is 89.5 Å². The van der Waals surface area contributed by atoms with Crippen molar-refractivity contribution in [2.75, 3.05) is 15.5 Å². The lowest BCUT2D eigenvalue weighted by molar-refractivity contribution is -0.116. The number of benzene rings is 2. The first-order valence-electron chi connectivity index (χ1n) is 10.4. The number of furan rings is 1. The summed E-state index contributed by atoms with van der Waals surface area (Å²) in [4.78, 5) is 28.5. The summed E-state index contributed by atoms with van der Waals surface area (Å²) in [6.45, 7) is 1.95. The van der Waals surface area contributed by atoms with Gasteiger partial charge in [-0.05, 0) is 55.7 Å². The van der Waals surface area contributed by atoms with Gasteiger partial charge in [-0.25, -0.2) is 4.79 Å². The Kier molecular flexibility index (Phi) is 4.82. The van der Waals surface area contributed by atoms with E-state index in [1.165, 1.54) is 0 Å². The van der Waals surface area contributed by atoms with Crippen molar-refractivity contribution in [3.63, 3.8) is 0 Å². The van der Waals surface area contributed by atoms with Gasteiger partial charge in [-0.3, -0.25) is 9.69 Å². The maximum Gasteiger partial charge on any atom is 0.327 e. The lowest BCUT2D eigenvalue weighted by atomic mass is 9.88. The summed E-state index contributed by atoms with van der Waals surface area (Å²) in [6.07, 6.45) is 3.57. The van der Waals surface area contributed by atoms with Gasteiger partial charge in [0.05, 0.1) is 17.6 Å². The molecule has 0 radical (unpaired) electrons. The summed E-state index contributed by atoms with van der Waals surface area (Å²) in [5.41, 5.74) is 4.62. The van der Waals surface area contributed by atoms with Crippen molar-refractivity contribution in [2.45, 2.75) is 32.2 Å². The number of nitrogens with zero attached hydrogens (tertiary/aromatic N) is 1. The number of amides is 2. The number of para-hydroxylation sites is 3. The van der Waals surface area contributed by atoms with Gasteiger partial charge in [0.15, 0.2) is 5.78 Å². The molecule has 2 N–H and O–H groups in total. The van der Waals surface area contributed by atoms with Crippen LogP contribution < -0.4 is 15.5 Å². The number of aryl methyl sites for hydroxylation is 1. The second kappa shape index (κ2) is 7.80. The van der Waals surface area contributed by atoms with Crippen LogP contribution in [-0.4, -0.2) is 11.8 Å². The number of nitrogens with one attached hydrogen (secondary N) is 2. The van der Waals surface area contributed by atoms with Crippen molar-refractivity contribution in [3.8, 4) is 0 Å². The summed E-state index contributed by atoms with van der Waals surface area (Å²) < 4.78 is 5.76. The predicted molar refractivity (Wildman–Crippen MR) is 120 cm³/mol. The van der Waals surface area contributed by atoms with Gasteiger partial charge in [0, 0.05) is 23.4 Å². The second-order valence-electron chi connectivity index (χ2n) is 7.84. The number of carbonyl (C=O) groups is 2. The number of hydrogen-bond acceptors (Lipinski definition) is 4. The van der Waals surface area contributed by atoms with E-state index < -0.39 is 6.04 Å². The Hall–Kier alpha value is -3.80. The Morgan fingerprint density at radius 1 is 1.06 bits per heavy atom. The molecule has 0 saturated carbocycles. The van der Waals surface area contributed by atoms with Crippen LogP contribution in [0.2, 0.25) is 0 Å². The van der Waals surface area contributed by atoms with E-state index >= 15 is 0 Å². The van der Waals surface area contributed by atoms with Crippen molar-refractivity contribution >= 4 is 28.9 Å². The summed E-state index contributed by atoms with van der Waals surface area (Å²) in [5.74, 6) is 0.595. The number of allylic oxidation sites excluding steroid dienone is 1. The van der Waals surface area contributed by atoms with E-state index in [-0.39, 0.29) is 11.8 Å². The molecular weight excluding hydrogens is 390 g/mol. The van der Waals surface area contributed by atoms with Gasteiger partial charge in [0.25, 0.3) is 0 Å². The highest BCUT2D eigenvalue weighted by molar-refractivity contribution is 6.09. The topological polar surface area (TPSA) is 74.6 Å². The third kappa shape index (κ3) is 3.40. The van der Waals surface area contributed by atoms with Crippen LogP contribution in [0.4, 0.5) is 21.9 Å². The number of Topliss-reactive ketones (excluding diaryl/α,β-unsaturated/α-hetero) is 1. The smallest absolute Gasteiger partial charge is 0.327 e. The molecule has 0 unspecified atom stereocenters. The zero-order valence-corrected chi connectivity index (χ0v) is 17.2. The van der Waals surface area contributed by atoms with Crippen LogP contribution >= 0.6 is 0 Å². The second-order valence-corrected chi connectivity index (χ2v) is 7.84. The van der Waals surface area contributed by atoms with Gasteiger partial charge in [-0.15, -0.1) is 0 Å². The van der Waals surface area contributed by atoms with E-state index in [1.54, 1.807) is 17.2 Å². The number of anilines is 3. The fraction of sp³-hybridized carbons (Fsp3) is 0.200. The lowest BCUT2D eigenvalue weighted by Gasteiger charge is -2.32. The zero-order chi connectivity index (χ0) is 21.4. The zero-order valence-electron chi connectivity index (χ0n) is 17.2. The van der Waals surface area contributed by atoms with Gasteiger partial charge in [0.1, 0.15) is 11.8 Å². The monoisotopic (exact) mass is 413 g/mol. The number of ketones is 1. The van der Waals surface area contributed by atoms with Crippen LogP contribution in [0.1, 0.15) is 36.6 Å². The number of fused-ring (bicyclic) bond motifs is 1. The standard InChI is InChI=1S/C25H23N3O3/c1-16-8-2-3-9-17(16)27-25(30)28-20-12-5-4-10-18(20)26-19-11-6-13-21(29)23(19)24(28)22-14-7-15-31-22/h2-5,7-10,12,14-15,24,26H,6,11,13H2,1H3,(H,27,30)/t24-/m1/s1. The van der Waals surface area contributed by atoms with E-state index in [0.29, 0.717) is 23.4 Å². The van der Waals surface area contributed by atoms with Gasteiger partial charge >= 0.3 is 6.03 Å². The third-order valence-corrected chi connectivity index (χ3v) is 5.86. The first kappa shape index (κ1) is 19.2. The molecule has 0 spiro atoms. The fourth-order valence-electron chi connectivity index (χ4n) is 4.36. The molecule has 0 fully saturated rings. The largest absolute Gasteiger partial charge is 0.467 e.